The Morgan fingerprint density at radius 2 is 1.96 bits per heavy atom. The highest BCUT2D eigenvalue weighted by Gasteiger charge is 2.19. The van der Waals surface area contributed by atoms with E-state index < -0.39 is 11.6 Å². The number of amidine groups is 1. The molecule has 1 atom stereocenters. The van der Waals surface area contributed by atoms with Crippen LogP contribution in [0, 0.1) is 17.0 Å². The second-order valence-electron chi connectivity index (χ2n) is 6.63. The smallest absolute Gasteiger partial charge is 0.130 e. The molecule has 1 aliphatic rings. The van der Waals surface area contributed by atoms with Gasteiger partial charge in [0.2, 0.25) is 0 Å². The Labute approximate surface area is 163 Å². The average Bonchev–Trinajstić information content (AvgIpc) is 2.69. The van der Waals surface area contributed by atoms with Crippen molar-refractivity contribution in [2.24, 2.45) is 5.73 Å². The van der Waals surface area contributed by atoms with E-state index in [2.05, 4.69) is 18.3 Å². The van der Waals surface area contributed by atoms with Gasteiger partial charge in [-0.25, -0.2) is 8.78 Å². The van der Waals surface area contributed by atoms with Crippen LogP contribution in [-0.4, -0.2) is 11.9 Å². The van der Waals surface area contributed by atoms with Crippen LogP contribution in [0.3, 0.4) is 0 Å². The Hall–Kier alpha value is -3.15. The molecule has 2 aromatic carbocycles. The molecule has 0 radical (unpaired) electrons. The number of ether oxygens (including phenoxy) is 1. The molecule has 1 aliphatic carbocycles. The number of nitrogens with one attached hydrogen (secondary N) is 2. The molecule has 4 nitrogen and oxygen atoms in total. The number of hydrogen-bond donors (Lipinski definition) is 3. The van der Waals surface area contributed by atoms with Crippen molar-refractivity contribution in [3.63, 3.8) is 0 Å². The summed E-state index contributed by atoms with van der Waals surface area (Å²) in [5.74, 6) is -0.312. The standard InChI is InChI=1S/C22H23F2N3O/c1-2-14-3-10-21(28-13-16-12-17(23)6-9-19(16)24)20(11-14)27-18-7-4-15(5-8-18)22(25)26/h4-12,20,27H,2-3,13H2,1H3,(H3,25,26). The van der Waals surface area contributed by atoms with Crippen LogP contribution in [0.15, 0.2) is 65.9 Å². The lowest BCUT2D eigenvalue weighted by atomic mass is 9.98. The molecule has 2 aromatic rings. The van der Waals surface area contributed by atoms with Crippen molar-refractivity contribution in [2.75, 3.05) is 5.32 Å². The maximum Gasteiger partial charge on any atom is 0.130 e. The molecule has 0 aromatic heterocycles. The summed E-state index contributed by atoms with van der Waals surface area (Å²) in [4.78, 5) is 0. The SMILES string of the molecule is CCC1=CC(Nc2ccc(C(=N)N)cc2)C(OCc2cc(F)ccc2F)=CC1. The van der Waals surface area contributed by atoms with Crippen LogP contribution in [0.1, 0.15) is 30.9 Å². The predicted octanol–water partition coefficient (Wildman–Crippen LogP) is 4.87. The molecule has 146 valence electrons. The van der Waals surface area contributed by atoms with Gasteiger partial charge in [-0.3, -0.25) is 5.41 Å². The van der Waals surface area contributed by atoms with Gasteiger partial charge in [-0.2, -0.15) is 0 Å². The van der Waals surface area contributed by atoms with E-state index in [9.17, 15) is 8.78 Å². The molecular formula is C22H23F2N3O. The summed E-state index contributed by atoms with van der Waals surface area (Å²) in [6, 6.07) is 10.3. The number of halogens is 2. The van der Waals surface area contributed by atoms with Crippen molar-refractivity contribution in [1.29, 1.82) is 5.41 Å². The number of hydrogen-bond acceptors (Lipinski definition) is 3. The monoisotopic (exact) mass is 383 g/mol. The number of benzene rings is 2. The van der Waals surface area contributed by atoms with Crippen LogP contribution in [0.5, 0.6) is 0 Å². The molecule has 0 bridgehead atoms. The van der Waals surface area contributed by atoms with E-state index in [4.69, 9.17) is 15.9 Å². The second-order valence-corrected chi connectivity index (χ2v) is 6.63. The summed E-state index contributed by atoms with van der Waals surface area (Å²) in [6.07, 6.45) is 5.75. The quantitative estimate of drug-likeness (QED) is 0.363. The van der Waals surface area contributed by atoms with Crippen LogP contribution < -0.4 is 11.1 Å². The van der Waals surface area contributed by atoms with E-state index >= 15 is 0 Å². The molecule has 3 rings (SSSR count). The Morgan fingerprint density at radius 3 is 2.64 bits per heavy atom. The first-order chi connectivity index (χ1) is 13.5. The highest BCUT2D eigenvalue weighted by atomic mass is 19.1. The van der Waals surface area contributed by atoms with Gasteiger partial charge >= 0.3 is 0 Å². The molecule has 28 heavy (non-hydrogen) atoms. The third kappa shape index (κ3) is 4.76. The van der Waals surface area contributed by atoms with Gasteiger partial charge in [-0.1, -0.05) is 18.6 Å². The Balaban J connectivity index is 1.74. The zero-order chi connectivity index (χ0) is 20.1. The van der Waals surface area contributed by atoms with E-state index in [-0.39, 0.29) is 24.0 Å². The fourth-order valence-electron chi connectivity index (χ4n) is 3.01. The highest BCUT2D eigenvalue weighted by Crippen LogP contribution is 2.25. The Morgan fingerprint density at radius 1 is 1.21 bits per heavy atom. The highest BCUT2D eigenvalue weighted by molar-refractivity contribution is 5.95. The van der Waals surface area contributed by atoms with Gasteiger partial charge in [-0.15, -0.1) is 0 Å². The fraction of sp³-hybridized carbons (Fsp3) is 0.227. The maximum atomic E-state index is 13.9. The lowest BCUT2D eigenvalue weighted by Crippen LogP contribution is -2.24. The molecule has 0 aliphatic heterocycles. The minimum atomic E-state index is -0.494. The topological polar surface area (TPSA) is 71.1 Å². The number of nitrogen functional groups attached to an aromatic ring is 1. The van der Waals surface area contributed by atoms with E-state index in [0.717, 1.165) is 36.7 Å². The van der Waals surface area contributed by atoms with Gasteiger partial charge < -0.3 is 15.8 Å². The summed E-state index contributed by atoms with van der Waals surface area (Å²) in [5.41, 5.74) is 8.42. The molecule has 0 saturated carbocycles. The number of nitrogens with two attached hydrogens (primary N) is 1. The van der Waals surface area contributed by atoms with Crippen molar-refractivity contribution in [1.82, 2.24) is 0 Å². The Bertz CT molecular complexity index is 920. The van der Waals surface area contributed by atoms with Gasteiger partial charge in [0, 0.05) is 16.8 Å². The molecule has 1 unspecified atom stereocenters. The maximum absolute atomic E-state index is 13.9. The normalized spacial score (nSPS) is 16.2. The number of allylic oxidation sites excluding steroid dienone is 2. The van der Waals surface area contributed by atoms with E-state index in [0.29, 0.717) is 11.3 Å². The van der Waals surface area contributed by atoms with Crippen molar-refractivity contribution < 1.29 is 13.5 Å². The van der Waals surface area contributed by atoms with Crippen LogP contribution in [0.25, 0.3) is 0 Å². The molecule has 0 heterocycles. The molecule has 0 spiro atoms. The first-order valence-corrected chi connectivity index (χ1v) is 9.13. The Kier molecular flexibility index (Phi) is 6.09. The van der Waals surface area contributed by atoms with Crippen LogP contribution >= 0.6 is 0 Å². The predicted molar refractivity (Wildman–Crippen MR) is 107 cm³/mol. The van der Waals surface area contributed by atoms with Crippen molar-refractivity contribution in [3.8, 4) is 0 Å². The third-order valence-electron chi connectivity index (χ3n) is 4.65. The summed E-state index contributed by atoms with van der Waals surface area (Å²) < 4.78 is 33.1. The summed E-state index contributed by atoms with van der Waals surface area (Å²) >= 11 is 0. The summed E-state index contributed by atoms with van der Waals surface area (Å²) in [6.45, 7) is 2.04. The second kappa shape index (κ2) is 8.69. The van der Waals surface area contributed by atoms with E-state index in [1.807, 2.05) is 18.2 Å². The lowest BCUT2D eigenvalue weighted by molar-refractivity contribution is 0.184. The summed E-state index contributed by atoms with van der Waals surface area (Å²) in [7, 11) is 0. The largest absolute Gasteiger partial charge is 0.491 e. The van der Waals surface area contributed by atoms with Gasteiger partial charge in [0.25, 0.3) is 0 Å². The first-order valence-electron chi connectivity index (χ1n) is 9.13. The minimum Gasteiger partial charge on any atom is -0.491 e. The van der Waals surface area contributed by atoms with Crippen molar-refractivity contribution in [3.05, 3.63) is 88.7 Å². The average molecular weight is 383 g/mol. The zero-order valence-electron chi connectivity index (χ0n) is 15.6. The first kappa shape index (κ1) is 19.6. The van der Waals surface area contributed by atoms with Crippen LogP contribution in [0.2, 0.25) is 0 Å². The zero-order valence-corrected chi connectivity index (χ0v) is 15.6. The van der Waals surface area contributed by atoms with Gasteiger partial charge in [0.1, 0.15) is 35.9 Å². The minimum absolute atomic E-state index is 0.0124. The summed E-state index contributed by atoms with van der Waals surface area (Å²) in [5, 5.41) is 10.8. The van der Waals surface area contributed by atoms with Crippen molar-refractivity contribution >= 4 is 11.5 Å². The van der Waals surface area contributed by atoms with Crippen molar-refractivity contribution in [2.45, 2.75) is 32.4 Å². The fourth-order valence-corrected chi connectivity index (χ4v) is 3.01. The lowest BCUT2D eigenvalue weighted by Gasteiger charge is -2.25. The van der Waals surface area contributed by atoms with Gasteiger partial charge in [0.05, 0.1) is 0 Å². The van der Waals surface area contributed by atoms with E-state index in [1.165, 1.54) is 5.57 Å². The van der Waals surface area contributed by atoms with Crippen LogP contribution in [0.4, 0.5) is 14.5 Å². The number of anilines is 1. The number of rotatable bonds is 7. The van der Waals surface area contributed by atoms with Gasteiger partial charge in [0.15, 0.2) is 0 Å². The van der Waals surface area contributed by atoms with E-state index in [1.54, 1.807) is 12.1 Å². The molecular weight excluding hydrogens is 360 g/mol. The molecule has 6 heteroatoms. The molecule has 0 saturated heterocycles. The molecule has 0 amide bonds. The molecule has 4 N–H and O–H groups in total. The van der Waals surface area contributed by atoms with Crippen LogP contribution in [-0.2, 0) is 11.3 Å². The third-order valence-corrected chi connectivity index (χ3v) is 4.65. The van der Waals surface area contributed by atoms with Gasteiger partial charge in [-0.05, 0) is 61.4 Å². The molecule has 0 fully saturated rings.